The lowest BCUT2D eigenvalue weighted by Crippen LogP contribution is -2.11. The number of hydrogen-bond acceptors (Lipinski definition) is 2. The van der Waals surface area contributed by atoms with Crippen LogP contribution in [-0.4, -0.2) is 17.0 Å². The second-order valence-corrected chi connectivity index (χ2v) is 4.23. The second-order valence-electron chi connectivity index (χ2n) is 3.82. The Balaban J connectivity index is 2.19. The minimum Gasteiger partial charge on any atom is -0.478 e. The van der Waals surface area contributed by atoms with Crippen molar-refractivity contribution >= 4 is 29.2 Å². The summed E-state index contributed by atoms with van der Waals surface area (Å²) in [5, 5.41) is 11.6. The van der Waals surface area contributed by atoms with Crippen molar-refractivity contribution in [2.24, 2.45) is 0 Å². The minimum absolute atomic E-state index is 0.000577. The molecule has 0 aliphatic rings. The fraction of sp³-hybridized carbons (Fsp3) is 0. The number of carboxylic acid groups (broad SMARTS) is 1. The Bertz CT molecular complexity index is 626. The van der Waals surface area contributed by atoms with Gasteiger partial charge in [0.2, 0.25) is 0 Å². The van der Waals surface area contributed by atoms with E-state index in [1.165, 1.54) is 18.2 Å². The highest BCUT2D eigenvalue weighted by Crippen LogP contribution is 2.21. The largest absolute Gasteiger partial charge is 0.478 e. The number of benzene rings is 2. The highest BCUT2D eigenvalue weighted by atomic mass is 35.5. The average Bonchev–Trinajstić information content (AvgIpc) is 2.39. The molecule has 5 heteroatoms. The monoisotopic (exact) mass is 275 g/mol. The first kappa shape index (κ1) is 13.1. The number of anilines is 1. The molecule has 0 aliphatic carbocycles. The predicted molar refractivity (Wildman–Crippen MR) is 72.8 cm³/mol. The van der Waals surface area contributed by atoms with Gasteiger partial charge in [0, 0.05) is 11.3 Å². The maximum atomic E-state index is 11.9. The Morgan fingerprint density at radius 1 is 1.05 bits per heavy atom. The van der Waals surface area contributed by atoms with Crippen molar-refractivity contribution in [3.63, 3.8) is 0 Å². The van der Waals surface area contributed by atoms with Gasteiger partial charge in [-0.25, -0.2) is 4.79 Å². The number of halogens is 1. The third-order valence-corrected chi connectivity index (χ3v) is 2.81. The maximum Gasteiger partial charge on any atom is 0.337 e. The molecule has 0 bridgehead atoms. The van der Waals surface area contributed by atoms with Gasteiger partial charge in [0.1, 0.15) is 0 Å². The molecule has 96 valence electrons. The van der Waals surface area contributed by atoms with Crippen molar-refractivity contribution in [1.29, 1.82) is 0 Å². The van der Waals surface area contributed by atoms with E-state index in [2.05, 4.69) is 5.32 Å². The summed E-state index contributed by atoms with van der Waals surface area (Å²) in [5.41, 5.74) is 0.962. The summed E-state index contributed by atoms with van der Waals surface area (Å²) >= 11 is 5.82. The van der Waals surface area contributed by atoms with Crippen LogP contribution in [0.5, 0.6) is 0 Å². The lowest BCUT2D eigenvalue weighted by Gasteiger charge is -2.06. The van der Waals surface area contributed by atoms with E-state index >= 15 is 0 Å². The molecule has 19 heavy (non-hydrogen) atoms. The molecule has 1 amide bonds. The van der Waals surface area contributed by atoms with Gasteiger partial charge in [0.05, 0.1) is 10.6 Å². The van der Waals surface area contributed by atoms with Gasteiger partial charge in [0.25, 0.3) is 5.91 Å². The molecule has 0 fully saturated rings. The average molecular weight is 276 g/mol. The highest BCUT2D eigenvalue weighted by molar-refractivity contribution is 6.33. The molecule has 2 rings (SSSR count). The Kier molecular flexibility index (Phi) is 3.82. The summed E-state index contributed by atoms with van der Waals surface area (Å²) in [5.74, 6) is -1.38. The van der Waals surface area contributed by atoms with E-state index in [0.717, 1.165) is 0 Å². The first-order chi connectivity index (χ1) is 9.08. The van der Waals surface area contributed by atoms with Crippen LogP contribution in [0.4, 0.5) is 5.69 Å². The number of aromatic carboxylic acids is 1. The summed E-state index contributed by atoms with van der Waals surface area (Å²) in [6, 6.07) is 13.0. The SMILES string of the molecule is O=C(Nc1ccc(C(=O)O)c(Cl)c1)c1ccccc1. The van der Waals surface area contributed by atoms with Crippen molar-refractivity contribution in [2.75, 3.05) is 5.32 Å². The molecule has 2 N–H and O–H groups in total. The third kappa shape index (κ3) is 3.11. The first-order valence-electron chi connectivity index (χ1n) is 5.47. The lowest BCUT2D eigenvalue weighted by molar-refractivity contribution is 0.0697. The van der Waals surface area contributed by atoms with Crippen LogP contribution in [0, 0.1) is 0 Å². The van der Waals surface area contributed by atoms with Crippen molar-refractivity contribution in [2.45, 2.75) is 0 Å². The highest BCUT2D eigenvalue weighted by Gasteiger charge is 2.10. The second kappa shape index (κ2) is 5.54. The molecule has 0 spiro atoms. The van der Waals surface area contributed by atoms with Gasteiger partial charge in [0.15, 0.2) is 0 Å². The molecule has 0 unspecified atom stereocenters. The number of carbonyl (C=O) groups excluding carboxylic acids is 1. The van der Waals surface area contributed by atoms with Gasteiger partial charge >= 0.3 is 5.97 Å². The van der Waals surface area contributed by atoms with E-state index < -0.39 is 5.97 Å². The zero-order chi connectivity index (χ0) is 13.8. The molecule has 0 aromatic heterocycles. The Morgan fingerprint density at radius 2 is 1.74 bits per heavy atom. The van der Waals surface area contributed by atoms with E-state index in [-0.39, 0.29) is 16.5 Å². The quantitative estimate of drug-likeness (QED) is 0.903. The van der Waals surface area contributed by atoms with Crippen LogP contribution in [0.25, 0.3) is 0 Å². The van der Waals surface area contributed by atoms with Crippen LogP contribution in [0.2, 0.25) is 5.02 Å². The fourth-order valence-corrected chi connectivity index (χ4v) is 1.82. The van der Waals surface area contributed by atoms with E-state index in [0.29, 0.717) is 11.3 Å². The van der Waals surface area contributed by atoms with Crippen molar-refractivity contribution < 1.29 is 14.7 Å². The van der Waals surface area contributed by atoms with Crippen LogP contribution < -0.4 is 5.32 Å². The van der Waals surface area contributed by atoms with E-state index in [4.69, 9.17) is 16.7 Å². The number of hydrogen-bond donors (Lipinski definition) is 2. The van der Waals surface area contributed by atoms with Crippen LogP contribution in [0.1, 0.15) is 20.7 Å². The molecule has 0 saturated carbocycles. The molecule has 2 aromatic carbocycles. The zero-order valence-corrected chi connectivity index (χ0v) is 10.5. The van der Waals surface area contributed by atoms with Gasteiger partial charge in [-0.05, 0) is 30.3 Å². The van der Waals surface area contributed by atoms with Gasteiger partial charge < -0.3 is 10.4 Å². The van der Waals surface area contributed by atoms with Gasteiger partial charge in [-0.1, -0.05) is 29.8 Å². The lowest BCUT2D eigenvalue weighted by atomic mass is 10.2. The molecule has 0 aliphatic heterocycles. The molecule has 0 radical (unpaired) electrons. The van der Waals surface area contributed by atoms with Crippen LogP contribution >= 0.6 is 11.6 Å². The minimum atomic E-state index is -1.11. The molecule has 4 nitrogen and oxygen atoms in total. The normalized spacial score (nSPS) is 9.95. The van der Waals surface area contributed by atoms with Gasteiger partial charge in [-0.15, -0.1) is 0 Å². The summed E-state index contributed by atoms with van der Waals surface area (Å²) in [7, 11) is 0. The summed E-state index contributed by atoms with van der Waals surface area (Å²) < 4.78 is 0. The molecular weight excluding hydrogens is 266 g/mol. The Labute approximate surface area is 114 Å². The first-order valence-corrected chi connectivity index (χ1v) is 5.85. The fourth-order valence-electron chi connectivity index (χ4n) is 1.56. The summed E-state index contributed by atoms with van der Waals surface area (Å²) in [6.07, 6.45) is 0. The maximum absolute atomic E-state index is 11.9. The molecule has 0 heterocycles. The van der Waals surface area contributed by atoms with Crippen LogP contribution in [-0.2, 0) is 0 Å². The number of amides is 1. The zero-order valence-electron chi connectivity index (χ0n) is 9.76. The Hall–Kier alpha value is -2.33. The predicted octanol–water partition coefficient (Wildman–Crippen LogP) is 3.29. The number of rotatable bonds is 3. The topological polar surface area (TPSA) is 66.4 Å². The van der Waals surface area contributed by atoms with Crippen LogP contribution in [0.15, 0.2) is 48.5 Å². The molecule has 0 saturated heterocycles. The van der Waals surface area contributed by atoms with Gasteiger partial charge in [-0.2, -0.15) is 0 Å². The van der Waals surface area contributed by atoms with Crippen LogP contribution in [0.3, 0.4) is 0 Å². The number of nitrogens with one attached hydrogen (secondary N) is 1. The summed E-state index contributed by atoms with van der Waals surface area (Å²) in [4.78, 5) is 22.7. The standard InChI is InChI=1S/C14H10ClNO3/c15-12-8-10(6-7-11(12)14(18)19)16-13(17)9-4-2-1-3-5-9/h1-8H,(H,16,17)(H,18,19). The molecular formula is C14H10ClNO3. The smallest absolute Gasteiger partial charge is 0.337 e. The van der Waals surface area contributed by atoms with Gasteiger partial charge in [-0.3, -0.25) is 4.79 Å². The third-order valence-electron chi connectivity index (χ3n) is 2.49. The molecule has 0 atom stereocenters. The Morgan fingerprint density at radius 3 is 2.32 bits per heavy atom. The van der Waals surface area contributed by atoms with E-state index in [1.54, 1.807) is 24.3 Å². The van der Waals surface area contributed by atoms with Crippen molar-refractivity contribution in [3.8, 4) is 0 Å². The molecule has 2 aromatic rings. The number of carboxylic acids is 1. The summed E-state index contributed by atoms with van der Waals surface area (Å²) in [6.45, 7) is 0. The number of carbonyl (C=O) groups is 2. The van der Waals surface area contributed by atoms with Crippen molar-refractivity contribution in [3.05, 3.63) is 64.7 Å². The van der Waals surface area contributed by atoms with Crippen molar-refractivity contribution in [1.82, 2.24) is 0 Å². The van der Waals surface area contributed by atoms with E-state index in [9.17, 15) is 9.59 Å². The van der Waals surface area contributed by atoms with E-state index in [1.807, 2.05) is 6.07 Å².